The SMILES string of the molecule is O=C(NCCCCCN1CCCCC1)c1ccc(F)c(F)c1. The van der Waals surface area contributed by atoms with E-state index in [0.717, 1.165) is 37.9 Å². The monoisotopic (exact) mass is 310 g/mol. The summed E-state index contributed by atoms with van der Waals surface area (Å²) in [4.78, 5) is 14.3. The third-order valence-electron chi connectivity index (χ3n) is 4.07. The predicted molar refractivity (Wildman–Crippen MR) is 82.8 cm³/mol. The highest BCUT2D eigenvalue weighted by Crippen LogP contribution is 2.10. The van der Waals surface area contributed by atoms with Gasteiger partial charge in [-0.05, 0) is 63.5 Å². The van der Waals surface area contributed by atoms with E-state index < -0.39 is 11.6 Å². The first-order valence-corrected chi connectivity index (χ1v) is 8.12. The van der Waals surface area contributed by atoms with Gasteiger partial charge in [0.05, 0.1) is 0 Å². The second-order valence-corrected chi connectivity index (χ2v) is 5.85. The highest BCUT2D eigenvalue weighted by atomic mass is 19.2. The number of carbonyl (C=O) groups is 1. The van der Waals surface area contributed by atoms with Crippen LogP contribution in [0.15, 0.2) is 18.2 Å². The number of piperidine rings is 1. The summed E-state index contributed by atoms with van der Waals surface area (Å²) in [6, 6.07) is 3.20. The minimum atomic E-state index is -0.991. The molecular formula is C17H24F2N2O. The van der Waals surface area contributed by atoms with Crippen molar-refractivity contribution < 1.29 is 13.6 Å². The molecule has 2 rings (SSSR count). The van der Waals surface area contributed by atoms with Crippen molar-refractivity contribution in [3.05, 3.63) is 35.4 Å². The van der Waals surface area contributed by atoms with Crippen LogP contribution < -0.4 is 5.32 Å². The lowest BCUT2D eigenvalue weighted by molar-refractivity contribution is 0.0952. The average molecular weight is 310 g/mol. The Kier molecular flexibility index (Phi) is 6.77. The van der Waals surface area contributed by atoms with E-state index >= 15 is 0 Å². The number of likely N-dealkylation sites (tertiary alicyclic amines) is 1. The van der Waals surface area contributed by atoms with E-state index in [0.29, 0.717) is 6.54 Å². The van der Waals surface area contributed by atoms with E-state index in [1.165, 1.54) is 38.4 Å². The van der Waals surface area contributed by atoms with Gasteiger partial charge in [0.2, 0.25) is 0 Å². The van der Waals surface area contributed by atoms with Crippen LogP contribution in [0.2, 0.25) is 0 Å². The van der Waals surface area contributed by atoms with Gasteiger partial charge in [0.15, 0.2) is 11.6 Å². The molecule has 1 aromatic carbocycles. The molecule has 0 aromatic heterocycles. The molecule has 22 heavy (non-hydrogen) atoms. The highest BCUT2D eigenvalue weighted by Gasteiger charge is 2.10. The number of carbonyl (C=O) groups excluding carboxylic acids is 1. The molecular weight excluding hydrogens is 286 g/mol. The Morgan fingerprint density at radius 2 is 1.82 bits per heavy atom. The number of amides is 1. The van der Waals surface area contributed by atoms with Crippen molar-refractivity contribution in [2.45, 2.75) is 38.5 Å². The van der Waals surface area contributed by atoms with Crippen molar-refractivity contribution in [1.82, 2.24) is 10.2 Å². The molecule has 1 N–H and O–H groups in total. The highest BCUT2D eigenvalue weighted by molar-refractivity contribution is 5.94. The summed E-state index contributed by atoms with van der Waals surface area (Å²) in [6.07, 6.45) is 7.08. The average Bonchev–Trinajstić information content (AvgIpc) is 2.54. The zero-order chi connectivity index (χ0) is 15.8. The van der Waals surface area contributed by atoms with Crippen LogP contribution in [0.4, 0.5) is 8.78 Å². The van der Waals surface area contributed by atoms with Gasteiger partial charge in [-0.2, -0.15) is 0 Å². The molecule has 1 aliphatic rings. The van der Waals surface area contributed by atoms with Crippen molar-refractivity contribution in [2.75, 3.05) is 26.2 Å². The Hall–Kier alpha value is -1.49. The van der Waals surface area contributed by atoms with Gasteiger partial charge >= 0.3 is 0 Å². The van der Waals surface area contributed by atoms with Crippen LogP contribution in [-0.4, -0.2) is 37.0 Å². The van der Waals surface area contributed by atoms with Crippen molar-refractivity contribution in [3.8, 4) is 0 Å². The zero-order valence-electron chi connectivity index (χ0n) is 12.9. The molecule has 3 nitrogen and oxygen atoms in total. The van der Waals surface area contributed by atoms with Crippen molar-refractivity contribution in [1.29, 1.82) is 0 Å². The molecule has 0 radical (unpaired) electrons. The first-order chi connectivity index (χ1) is 10.7. The lowest BCUT2D eigenvalue weighted by Gasteiger charge is -2.26. The summed E-state index contributed by atoms with van der Waals surface area (Å²) in [6.45, 7) is 4.13. The molecule has 1 heterocycles. The Morgan fingerprint density at radius 1 is 1.05 bits per heavy atom. The maximum Gasteiger partial charge on any atom is 0.251 e. The molecule has 0 aliphatic carbocycles. The summed E-state index contributed by atoms with van der Waals surface area (Å²) in [5, 5.41) is 2.74. The Balaban J connectivity index is 1.57. The first kappa shape index (κ1) is 16.9. The summed E-state index contributed by atoms with van der Waals surface area (Å²) in [5.41, 5.74) is 0.159. The van der Waals surface area contributed by atoms with Crippen LogP contribution in [-0.2, 0) is 0 Å². The molecule has 0 spiro atoms. The number of hydrogen-bond acceptors (Lipinski definition) is 2. The summed E-state index contributed by atoms with van der Waals surface area (Å²) in [5.74, 6) is -2.28. The van der Waals surface area contributed by atoms with Crippen LogP contribution in [0.5, 0.6) is 0 Å². The quantitative estimate of drug-likeness (QED) is 0.783. The maximum absolute atomic E-state index is 13.0. The molecule has 1 aliphatic heterocycles. The Bertz CT molecular complexity index is 488. The van der Waals surface area contributed by atoms with Crippen LogP contribution in [0, 0.1) is 11.6 Å². The molecule has 0 atom stereocenters. The van der Waals surface area contributed by atoms with Gasteiger partial charge in [0.25, 0.3) is 5.91 Å². The fourth-order valence-corrected chi connectivity index (χ4v) is 2.76. The van der Waals surface area contributed by atoms with E-state index in [-0.39, 0.29) is 11.5 Å². The van der Waals surface area contributed by atoms with Crippen molar-refractivity contribution in [3.63, 3.8) is 0 Å². The zero-order valence-corrected chi connectivity index (χ0v) is 12.9. The van der Waals surface area contributed by atoms with Gasteiger partial charge in [0.1, 0.15) is 0 Å². The topological polar surface area (TPSA) is 32.3 Å². The number of nitrogens with zero attached hydrogens (tertiary/aromatic N) is 1. The number of rotatable bonds is 7. The van der Waals surface area contributed by atoms with Gasteiger partial charge in [-0.15, -0.1) is 0 Å². The minimum Gasteiger partial charge on any atom is -0.352 e. The standard InChI is InChI=1S/C17H24F2N2O/c18-15-8-7-14(13-16(15)19)17(22)20-9-3-1-4-10-21-11-5-2-6-12-21/h7-8,13H,1-6,9-12H2,(H,20,22). The fourth-order valence-electron chi connectivity index (χ4n) is 2.76. The molecule has 1 saturated heterocycles. The third-order valence-corrected chi connectivity index (χ3v) is 4.07. The number of hydrogen-bond donors (Lipinski definition) is 1. The molecule has 0 unspecified atom stereocenters. The fraction of sp³-hybridized carbons (Fsp3) is 0.588. The Labute approximate surface area is 130 Å². The van der Waals surface area contributed by atoms with E-state index in [9.17, 15) is 13.6 Å². The summed E-state index contributed by atoms with van der Waals surface area (Å²) >= 11 is 0. The van der Waals surface area contributed by atoms with Crippen LogP contribution in [0.1, 0.15) is 48.9 Å². The number of benzene rings is 1. The van der Waals surface area contributed by atoms with Crippen molar-refractivity contribution in [2.24, 2.45) is 0 Å². The third kappa shape index (κ3) is 5.37. The first-order valence-electron chi connectivity index (χ1n) is 8.12. The molecule has 1 fully saturated rings. The number of unbranched alkanes of at least 4 members (excludes halogenated alkanes) is 2. The second kappa shape index (κ2) is 8.83. The lowest BCUT2D eigenvalue weighted by Crippen LogP contribution is -2.30. The van der Waals surface area contributed by atoms with Gasteiger partial charge in [-0.25, -0.2) is 8.78 Å². The number of nitrogens with one attached hydrogen (secondary N) is 1. The summed E-state index contributed by atoms with van der Waals surface area (Å²) in [7, 11) is 0. The number of halogens is 2. The molecule has 122 valence electrons. The minimum absolute atomic E-state index is 0.159. The normalized spacial score (nSPS) is 15.7. The Morgan fingerprint density at radius 3 is 2.55 bits per heavy atom. The molecule has 1 aromatic rings. The van der Waals surface area contributed by atoms with Gasteiger partial charge < -0.3 is 10.2 Å². The van der Waals surface area contributed by atoms with Gasteiger partial charge in [-0.1, -0.05) is 12.8 Å². The maximum atomic E-state index is 13.0. The van der Waals surface area contributed by atoms with Crippen LogP contribution in [0.3, 0.4) is 0 Å². The van der Waals surface area contributed by atoms with Crippen molar-refractivity contribution >= 4 is 5.91 Å². The smallest absolute Gasteiger partial charge is 0.251 e. The van der Waals surface area contributed by atoms with E-state index in [1.54, 1.807) is 0 Å². The largest absolute Gasteiger partial charge is 0.352 e. The van der Waals surface area contributed by atoms with E-state index in [1.807, 2.05) is 0 Å². The van der Waals surface area contributed by atoms with Crippen LogP contribution in [0.25, 0.3) is 0 Å². The molecule has 1 amide bonds. The predicted octanol–water partition coefficient (Wildman–Crippen LogP) is 3.35. The lowest BCUT2D eigenvalue weighted by atomic mass is 10.1. The van der Waals surface area contributed by atoms with E-state index in [4.69, 9.17) is 0 Å². The second-order valence-electron chi connectivity index (χ2n) is 5.85. The molecule has 0 bridgehead atoms. The van der Waals surface area contributed by atoms with Gasteiger partial charge in [0, 0.05) is 12.1 Å². The molecule has 0 saturated carbocycles. The summed E-state index contributed by atoms with van der Waals surface area (Å²) < 4.78 is 25.8. The van der Waals surface area contributed by atoms with Gasteiger partial charge in [-0.3, -0.25) is 4.79 Å². The van der Waals surface area contributed by atoms with Crippen LogP contribution >= 0.6 is 0 Å². The molecule has 5 heteroatoms. The van der Waals surface area contributed by atoms with E-state index in [2.05, 4.69) is 10.2 Å².